The molecule has 0 bridgehead atoms. The molecule has 0 heterocycles. The molecule has 0 radical (unpaired) electrons. The van der Waals surface area contributed by atoms with Crippen molar-refractivity contribution in [1.82, 2.24) is 5.32 Å². The number of hydrogen-bond donors (Lipinski definition) is 1. The van der Waals surface area contributed by atoms with Crippen LogP contribution in [0, 0.1) is 5.92 Å². The van der Waals surface area contributed by atoms with Gasteiger partial charge in [0.1, 0.15) is 6.29 Å². The van der Waals surface area contributed by atoms with Crippen LogP contribution in [0.15, 0.2) is 54.6 Å². The Kier molecular flexibility index (Phi) is 5.81. The van der Waals surface area contributed by atoms with Crippen LogP contribution in [-0.2, 0) is 0 Å². The summed E-state index contributed by atoms with van der Waals surface area (Å²) in [5.74, 6) is 0.749. The van der Waals surface area contributed by atoms with Crippen molar-refractivity contribution in [2.75, 3.05) is 0 Å². The summed E-state index contributed by atoms with van der Waals surface area (Å²) in [6.07, 6.45) is 7.66. The van der Waals surface area contributed by atoms with Crippen LogP contribution >= 0.6 is 0 Å². The minimum atomic E-state index is 0.128. The lowest BCUT2D eigenvalue weighted by Crippen LogP contribution is -2.37. The van der Waals surface area contributed by atoms with Crippen molar-refractivity contribution >= 4 is 6.29 Å². The van der Waals surface area contributed by atoms with Crippen LogP contribution < -0.4 is 5.32 Å². The Labute approximate surface area is 145 Å². The van der Waals surface area contributed by atoms with Gasteiger partial charge in [0.15, 0.2) is 0 Å². The number of carbonyl (C=O) groups excluding carboxylic acids is 1. The first-order chi connectivity index (χ1) is 11.8. The summed E-state index contributed by atoms with van der Waals surface area (Å²) in [7, 11) is 0. The molecule has 0 aliphatic heterocycles. The Bertz CT molecular complexity index is 646. The Morgan fingerprint density at radius 1 is 0.958 bits per heavy atom. The maximum absolute atomic E-state index is 11.2. The number of aldehydes is 1. The van der Waals surface area contributed by atoms with Gasteiger partial charge in [-0.25, -0.2) is 0 Å². The molecule has 1 fully saturated rings. The molecule has 1 aliphatic carbocycles. The third-order valence-electron chi connectivity index (χ3n) is 5.30. The quantitative estimate of drug-likeness (QED) is 0.746. The topological polar surface area (TPSA) is 29.1 Å². The van der Waals surface area contributed by atoms with E-state index in [1.54, 1.807) is 0 Å². The molecule has 0 amide bonds. The van der Waals surface area contributed by atoms with Crippen molar-refractivity contribution in [1.29, 1.82) is 0 Å². The average molecular weight is 321 g/mol. The zero-order valence-corrected chi connectivity index (χ0v) is 14.4. The molecule has 1 aliphatic rings. The van der Waals surface area contributed by atoms with Gasteiger partial charge in [-0.2, -0.15) is 0 Å². The van der Waals surface area contributed by atoms with Gasteiger partial charge in [-0.15, -0.1) is 0 Å². The van der Waals surface area contributed by atoms with Gasteiger partial charge < -0.3 is 5.32 Å². The minimum Gasteiger partial charge on any atom is -0.303 e. The highest BCUT2D eigenvalue weighted by molar-refractivity contribution is 5.75. The number of benzene rings is 2. The van der Waals surface area contributed by atoms with Crippen molar-refractivity contribution in [2.24, 2.45) is 5.92 Å². The summed E-state index contributed by atoms with van der Waals surface area (Å²) >= 11 is 0. The van der Waals surface area contributed by atoms with E-state index in [0.29, 0.717) is 6.04 Å². The molecular formula is C22H27NO. The van der Waals surface area contributed by atoms with Crippen molar-refractivity contribution in [2.45, 2.75) is 51.1 Å². The van der Waals surface area contributed by atoms with Gasteiger partial charge in [0.25, 0.3) is 0 Å². The molecule has 0 spiro atoms. The van der Waals surface area contributed by atoms with Crippen LogP contribution in [0.3, 0.4) is 0 Å². The number of carbonyl (C=O) groups is 1. The first-order valence-electron chi connectivity index (χ1n) is 9.14. The molecule has 0 saturated heterocycles. The second kappa shape index (κ2) is 8.25. The van der Waals surface area contributed by atoms with Crippen LogP contribution in [0.5, 0.6) is 0 Å². The van der Waals surface area contributed by atoms with E-state index in [-0.39, 0.29) is 6.04 Å². The first kappa shape index (κ1) is 16.9. The molecule has 1 saturated carbocycles. The normalized spacial score (nSPS) is 18.0. The third kappa shape index (κ3) is 4.12. The first-order valence-corrected chi connectivity index (χ1v) is 9.14. The molecule has 3 rings (SSSR count). The van der Waals surface area contributed by atoms with Crippen molar-refractivity contribution in [3.63, 3.8) is 0 Å². The molecule has 2 nitrogen and oxygen atoms in total. The van der Waals surface area contributed by atoms with Gasteiger partial charge in [-0.05, 0) is 42.9 Å². The highest BCUT2D eigenvalue weighted by Gasteiger charge is 2.24. The fraction of sp³-hybridized carbons (Fsp3) is 0.409. The Morgan fingerprint density at radius 3 is 2.38 bits per heavy atom. The fourth-order valence-electron chi connectivity index (χ4n) is 3.88. The van der Waals surface area contributed by atoms with Crippen LogP contribution in [-0.4, -0.2) is 12.3 Å². The molecule has 0 aromatic heterocycles. The minimum absolute atomic E-state index is 0.128. The molecule has 2 atom stereocenters. The van der Waals surface area contributed by atoms with E-state index < -0.39 is 0 Å². The molecule has 2 aromatic carbocycles. The van der Waals surface area contributed by atoms with Crippen molar-refractivity contribution in [3.05, 3.63) is 71.3 Å². The van der Waals surface area contributed by atoms with E-state index in [1.807, 2.05) is 24.3 Å². The summed E-state index contributed by atoms with van der Waals surface area (Å²) in [6.45, 7) is 2.31. The highest BCUT2D eigenvalue weighted by atomic mass is 16.1. The van der Waals surface area contributed by atoms with Crippen LogP contribution in [0.25, 0.3) is 0 Å². The lowest BCUT2D eigenvalue weighted by atomic mass is 9.83. The van der Waals surface area contributed by atoms with Gasteiger partial charge in [0.2, 0.25) is 0 Å². The lowest BCUT2D eigenvalue weighted by Gasteiger charge is -2.32. The Morgan fingerprint density at radius 2 is 1.67 bits per heavy atom. The summed E-state index contributed by atoms with van der Waals surface area (Å²) in [4.78, 5) is 11.2. The van der Waals surface area contributed by atoms with E-state index >= 15 is 0 Å². The fourth-order valence-corrected chi connectivity index (χ4v) is 3.88. The monoisotopic (exact) mass is 321 g/mol. The van der Waals surface area contributed by atoms with Crippen LogP contribution in [0.4, 0.5) is 0 Å². The SMILES string of the molecule is C[C@@H](NC(c1ccccc1)c1cccc(C=O)c1)C1CCCCC1. The predicted molar refractivity (Wildman–Crippen MR) is 99.3 cm³/mol. The second-order valence-corrected chi connectivity index (χ2v) is 6.99. The van der Waals surface area contributed by atoms with Crippen molar-refractivity contribution < 1.29 is 4.79 Å². The van der Waals surface area contributed by atoms with E-state index in [1.165, 1.54) is 37.7 Å². The molecule has 2 aromatic rings. The zero-order chi connectivity index (χ0) is 16.8. The predicted octanol–water partition coefficient (Wildman–Crippen LogP) is 5.15. The number of rotatable bonds is 6. The summed E-state index contributed by atoms with van der Waals surface area (Å²) in [6, 6.07) is 19.1. The molecule has 1 unspecified atom stereocenters. The Balaban J connectivity index is 1.85. The second-order valence-electron chi connectivity index (χ2n) is 6.99. The number of hydrogen-bond acceptors (Lipinski definition) is 2. The highest BCUT2D eigenvalue weighted by Crippen LogP contribution is 2.30. The van der Waals surface area contributed by atoms with Crippen molar-refractivity contribution in [3.8, 4) is 0 Å². The maximum Gasteiger partial charge on any atom is 0.150 e. The zero-order valence-electron chi connectivity index (χ0n) is 14.4. The van der Waals surface area contributed by atoms with E-state index in [2.05, 4.69) is 42.6 Å². The summed E-state index contributed by atoms with van der Waals surface area (Å²) < 4.78 is 0. The average Bonchev–Trinajstić information content (AvgIpc) is 2.67. The molecule has 2 heteroatoms. The van der Waals surface area contributed by atoms with Crippen LogP contribution in [0.1, 0.15) is 66.6 Å². The van der Waals surface area contributed by atoms with Gasteiger partial charge in [0, 0.05) is 11.6 Å². The molecular weight excluding hydrogens is 294 g/mol. The van der Waals surface area contributed by atoms with Gasteiger partial charge >= 0.3 is 0 Å². The number of nitrogens with one attached hydrogen (secondary N) is 1. The van der Waals surface area contributed by atoms with Gasteiger partial charge in [-0.3, -0.25) is 4.79 Å². The summed E-state index contributed by atoms with van der Waals surface area (Å²) in [5, 5.41) is 3.85. The van der Waals surface area contributed by atoms with E-state index in [4.69, 9.17) is 0 Å². The summed E-state index contributed by atoms with van der Waals surface area (Å²) in [5.41, 5.74) is 3.15. The van der Waals surface area contributed by atoms with Gasteiger partial charge in [-0.1, -0.05) is 67.8 Å². The van der Waals surface area contributed by atoms with Gasteiger partial charge in [0.05, 0.1) is 6.04 Å². The Hall–Kier alpha value is -1.93. The molecule has 24 heavy (non-hydrogen) atoms. The van der Waals surface area contributed by atoms with E-state index in [9.17, 15) is 4.79 Å². The maximum atomic E-state index is 11.2. The largest absolute Gasteiger partial charge is 0.303 e. The lowest BCUT2D eigenvalue weighted by molar-refractivity contribution is 0.112. The third-order valence-corrected chi connectivity index (χ3v) is 5.30. The van der Waals surface area contributed by atoms with E-state index in [0.717, 1.165) is 23.3 Å². The molecule has 126 valence electrons. The standard InChI is InChI=1S/C22H27NO/c1-17(19-10-4-2-5-11-19)23-22(20-12-6-3-7-13-20)21-14-8-9-18(15-21)16-24/h3,6-9,12-17,19,22-23H,2,4-5,10-11H2,1H3/t17-,22?/m1/s1. The van der Waals surface area contributed by atoms with Crippen LogP contribution in [0.2, 0.25) is 0 Å². The smallest absolute Gasteiger partial charge is 0.150 e. The molecule has 1 N–H and O–H groups in total.